The molecule has 8 heteroatoms. The van der Waals surface area contributed by atoms with Gasteiger partial charge in [0.2, 0.25) is 11.8 Å². The minimum atomic E-state index is -0.898. The number of methoxy groups -OCH3 is 2. The molecule has 0 unspecified atom stereocenters. The van der Waals surface area contributed by atoms with Crippen LogP contribution in [0.5, 0.6) is 11.5 Å². The van der Waals surface area contributed by atoms with Crippen LogP contribution >= 0.6 is 11.6 Å². The summed E-state index contributed by atoms with van der Waals surface area (Å²) < 4.78 is 16.2. The number of benzene rings is 1. The lowest BCUT2D eigenvalue weighted by Crippen LogP contribution is -2.47. The van der Waals surface area contributed by atoms with Gasteiger partial charge in [-0.2, -0.15) is 0 Å². The van der Waals surface area contributed by atoms with Crippen LogP contribution in [-0.4, -0.2) is 42.9 Å². The van der Waals surface area contributed by atoms with Crippen LogP contribution in [0.2, 0.25) is 0 Å². The smallest absolute Gasteiger partial charge is 0.247 e. The first kappa shape index (κ1) is 24.0. The molecule has 1 N–H and O–H groups in total. The number of hydrogen-bond acceptors (Lipinski definition) is 5. The minimum Gasteiger partial charge on any atom is -0.493 e. The lowest BCUT2D eigenvalue weighted by atomic mass is 9.87. The maximum Gasteiger partial charge on any atom is 0.247 e. The first-order chi connectivity index (χ1) is 15.5. The number of alkyl halides is 1. The highest BCUT2D eigenvalue weighted by Crippen LogP contribution is 2.33. The molecule has 0 spiro atoms. The standard InChI is InChI=1S/C24H31ClN2O5/c1-16-6-9-18(10-7-16)26-24(29)23(17-8-11-20(30-2)21(13-17)31-3)27(22(28)14-25)15-19-5-4-12-32-19/h4-5,8,11-13,16,18,23H,6-7,9-10,14-15H2,1-3H3,(H,26,29)/t16?,18?,23-/m1/s1. The number of ether oxygens (including phenoxy) is 2. The van der Waals surface area contributed by atoms with E-state index in [1.807, 2.05) is 0 Å². The van der Waals surface area contributed by atoms with Crippen molar-refractivity contribution in [2.75, 3.05) is 20.1 Å². The number of halogens is 1. The average molecular weight is 463 g/mol. The molecule has 0 aliphatic heterocycles. The van der Waals surface area contributed by atoms with E-state index in [4.69, 9.17) is 25.5 Å². The summed E-state index contributed by atoms with van der Waals surface area (Å²) in [5.74, 6) is 1.38. The van der Waals surface area contributed by atoms with Gasteiger partial charge < -0.3 is 24.1 Å². The third-order valence-corrected chi connectivity index (χ3v) is 6.22. The van der Waals surface area contributed by atoms with Crippen molar-refractivity contribution in [1.82, 2.24) is 10.2 Å². The Morgan fingerprint density at radius 2 is 1.88 bits per heavy atom. The second kappa shape index (κ2) is 11.3. The molecular formula is C24H31ClN2O5. The van der Waals surface area contributed by atoms with E-state index in [1.54, 1.807) is 37.4 Å². The molecule has 0 bridgehead atoms. The van der Waals surface area contributed by atoms with Gasteiger partial charge in [0.15, 0.2) is 11.5 Å². The van der Waals surface area contributed by atoms with Gasteiger partial charge in [0.1, 0.15) is 17.7 Å². The normalized spacial score (nSPS) is 19.1. The molecule has 1 fully saturated rings. The van der Waals surface area contributed by atoms with Gasteiger partial charge in [-0.15, -0.1) is 11.6 Å². The summed E-state index contributed by atoms with van der Waals surface area (Å²) in [6.45, 7) is 2.35. The Bertz CT molecular complexity index is 894. The number of hydrogen-bond donors (Lipinski definition) is 1. The highest BCUT2D eigenvalue weighted by Gasteiger charge is 2.34. The molecule has 0 radical (unpaired) electrons. The summed E-state index contributed by atoms with van der Waals surface area (Å²) in [5.41, 5.74) is 0.606. The fraction of sp³-hybridized carbons (Fsp3) is 0.500. The fourth-order valence-corrected chi connectivity index (χ4v) is 4.30. The van der Waals surface area contributed by atoms with Gasteiger partial charge >= 0.3 is 0 Å². The summed E-state index contributed by atoms with van der Waals surface area (Å²) >= 11 is 5.94. The van der Waals surface area contributed by atoms with Crippen molar-refractivity contribution in [1.29, 1.82) is 0 Å². The van der Waals surface area contributed by atoms with E-state index >= 15 is 0 Å². The summed E-state index contributed by atoms with van der Waals surface area (Å²) in [6.07, 6.45) is 5.53. The van der Waals surface area contributed by atoms with Gasteiger partial charge in [0.25, 0.3) is 0 Å². The van der Waals surface area contributed by atoms with Gasteiger partial charge in [-0.25, -0.2) is 0 Å². The molecule has 1 aromatic heterocycles. The van der Waals surface area contributed by atoms with Gasteiger partial charge in [-0.1, -0.05) is 13.0 Å². The van der Waals surface area contributed by atoms with Crippen LogP contribution in [-0.2, 0) is 16.1 Å². The van der Waals surface area contributed by atoms with Crippen molar-refractivity contribution in [3.05, 3.63) is 47.9 Å². The van der Waals surface area contributed by atoms with Crippen molar-refractivity contribution < 1.29 is 23.5 Å². The van der Waals surface area contributed by atoms with Crippen LogP contribution < -0.4 is 14.8 Å². The van der Waals surface area contributed by atoms with E-state index in [1.165, 1.54) is 18.3 Å². The Kier molecular flexibility index (Phi) is 8.45. The van der Waals surface area contributed by atoms with Gasteiger partial charge in [0.05, 0.1) is 27.0 Å². The molecule has 7 nitrogen and oxygen atoms in total. The van der Waals surface area contributed by atoms with Crippen LogP contribution in [0.3, 0.4) is 0 Å². The molecule has 1 aliphatic carbocycles. The van der Waals surface area contributed by atoms with E-state index in [-0.39, 0.29) is 30.3 Å². The first-order valence-corrected chi connectivity index (χ1v) is 11.4. The van der Waals surface area contributed by atoms with Crippen molar-refractivity contribution in [2.24, 2.45) is 5.92 Å². The van der Waals surface area contributed by atoms with E-state index < -0.39 is 6.04 Å². The quantitative estimate of drug-likeness (QED) is 0.562. The molecule has 0 saturated heterocycles. The fourth-order valence-electron chi connectivity index (χ4n) is 4.15. The van der Waals surface area contributed by atoms with Crippen molar-refractivity contribution >= 4 is 23.4 Å². The molecule has 32 heavy (non-hydrogen) atoms. The second-order valence-corrected chi connectivity index (χ2v) is 8.48. The predicted molar refractivity (Wildman–Crippen MR) is 122 cm³/mol. The maximum atomic E-state index is 13.6. The lowest BCUT2D eigenvalue weighted by Gasteiger charge is -2.33. The number of carbonyl (C=O) groups excluding carboxylic acids is 2. The molecule has 1 heterocycles. The summed E-state index contributed by atoms with van der Waals surface area (Å²) in [6, 6.07) is 7.91. The molecular weight excluding hydrogens is 432 g/mol. The number of nitrogens with zero attached hydrogens (tertiary/aromatic N) is 1. The minimum absolute atomic E-state index is 0.0814. The molecule has 1 aliphatic rings. The van der Waals surface area contributed by atoms with Gasteiger partial charge in [-0.3, -0.25) is 9.59 Å². The molecule has 3 rings (SSSR count). The number of carbonyl (C=O) groups is 2. The molecule has 1 aromatic carbocycles. The maximum absolute atomic E-state index is 13.6. The number of amides is 2. The van der Waals surface area contributed by atoms with Crippen molar-refractivity contribution in [3.8, 4) is 11.5 Å². The van der Waals surface area contributed by atoms with E-state index in [9.17, 15) is 9.59 Å². The van der Waals surface area contributed by atoms with E-state index in [0.717, 1.165) is 25.7 Å². The largest absolute Gasteiger partial charge is 0.493 e. The van der Waals surface area contributed by atoms with Gasteiger partial charge in [-0.05, 0) is 61.4 Å². The van der Waals surface area contributed by atoms with Gasteiger partial charge in [0, 0.05) is 6.04 Å². The average Bonchev–Trinajstić information content (AvgIpc) is 3.32. The summed E-state index contributed by atoms with van der Waals surface area (Å²) in [7, 11) is 3.08. The van der Waals surface area contributed by atoms with E-state index in [2.05, 4.69) is 12.2 Å². The third kappa shape index (κ3) is 5.76. The van der Waals surface area contributed by atoms with E-state index in [0.29, 0.717) is 28.7 Å². The van der Waals surface area contributed by atoms with Crippen LogP contribution in [0, 0.1) is 5.92 Å². The van der Waals surface area contributed by atoms with Crippen LogP contribution in [0.25, 0.3) is 0 Å². The first-order valence-electron chi connectivity index (χ1n) is 10.9. The number of rotatable bonds is 9. The number of nitrogens with one attached hydrogen (secondary N) is 1. The second-order valence-electron chi connectivity index (χ2n) is 8.22. The molecule has 1 atom stereocenters. The van der Waals surface area contributed by atoms with Crippen LogP contribution in [0.4, 0.5) is 0 Å². The van der Waals surface area contributed by atoms with Crippen molar-refractivity contribution in [2.45, 2.75) is 51.2 Å². The SMILES string of the molecule is COc1ccc([C@H](C(=O)NC2CCC(C)CC2)N(Cc2ccco2)C(=O)CCl)cc1OC. The Balaban J connectivity index is 1.96. The zero-order valence-electron chi connectivity index (χ0n) is 18.8. The predicted octanol–water partition coefficient (Wildman–Crippen LogP) is 4.30. The summed E-state index contributed by atoms with van der Waals surface area (Å²) in [4.78, 5) is 27.9. The van der Waals surface area contributed by atoms with Crippen LogP contribution in [0.15, 0.2) is 41.0 Å². The Morgan fingerprint density at radius 3 is 2.47 bits per heavy atom. The molecule has 174 valence electrons. The third-order valence-electron chi connectivity index (χ3n) is 5.99. The Labute approximate surface area is 194 Å². The zero-order chi connectivity index (χ0) is 23.1. The molecule has 2 aromatic rings. The van der Waals surface area contributed by atoms with Crippen molar-refractivity contribution in [3.63, 3.8) is 0 Å². The Hall–Kier alpha value is -2.67. The topological polar surface area (TPSA) is 81.0 Å². The highest BCUT2D eigenvalue weighted by atomic mass is 35.5. The monoisotopic (exact) mass is 462 g/mol. The Morgan fingerprint density at radius 1 is 1.16 bits per heavy atom. The molecule has 2 amide bonds. The lowest BCUT2D eigenvalue weighted by molar-refractivity contribution is -0.140. The van der Waals surface area contributed by atoms with Crippen LogP contribution in [0.1, 0.15) is 50.0 Å². The zero-order valence-corrected chi connectivity index (χ0v) is 19.6. The molecule has 1 saturated carbocycles. The number of furan rings is 1. The summed E-state index contributed by atoms with van der Waals surface area (Å²) in [5, 5.41) is 3.16. The highest BCUT2D eigenvalue weighted by molar-refractivity contribution is 6.27.